The summed E-state index contributed by atoms with van der Waals surface area (Å²) in [6, 6.07) is 16.6. The average molecular weight is 2020 g/mol. The highest BCUT2D eigenvalue weighted by Crippen LogP contribution is 2.43. The number of hydrogen-bond donors (Lipinski definition) is 16. The Hall–Kier alpha value is -15.7. The fraction of sp³-hybridized carbons (Fsp3) is 0.396. The van der Waals surface area contributed by atoms with Crippen molar-refractivity contribution in [3.05, 3.63) is 141 Å². The van der Waals surface area contributed by atoms with Crippen molar-refractivity contribution in [1.82, 2.24) is 60.4 Å². The van der Waals surface area contributed by atoms with E-state index in [0.717, 1.165) is 10.7 Å². The molecule has 12 aromatic rings. The molecule has 0 bridgehead atoms. The largest absolute Gasteiger partial charge is 0.595 e. The minimum absolute atomic E-state index is 0.00664. The molecule has 2 unspecified atom stereocenters. The fourth-order valence-electron chi connectivity index (χ4n) is 12.6. The molecule has 0 aliphatic rings. The van der Waals surface area contributed by atoms with E-state index in [9.17, 15) is 71.5 Å². The number of H-pyrrole nitrogens is 2. The lowest BCUT2D eigenvalue weighted by atomic mass is 10.2. The molecule has 0 aliphatic heterocycles. The number of carbonyl (C=O) groups is 8. The molecule has 45 nitrogen and oxygen atoms in total. The smallest absolute Gasteiger partial charge is 0.435 e. The Morgan fingerprint density at radius 1 is 0.378 bits per heavy atom. The minimum atomic E-state index is -1.46. The summed E-state index contributed by atoms with van der Waals surface area (Å²) in [6.07, 6.45) is -5.61. The summed E-state index contributed by atoms with van der Waals surface area (Å²) in [7, 11) is 0. The van der Waals surface area contributed by atoms with Crippen molar-refractivity contribution in [2.75, 3.05) is 76.8 Å². The molecule has 7 aromatic carbocycles. The highest BCUT2D eigenvalue weighted by atomic mass is 19.2. The monoisotopic (exact) mass is 2020 g/mol. The van der Waals surface area contributed by atoms with E-state index >= 15 is 13.2 Å². The third kappa shape index (κ3) is 30.4. The van der Waals surface area contributed by atoms with Crippen molar-refractivity contribution in [3.63, 3.8) is 0 Å². The number of anilines is 8. The van der Waals surface area contributed by atoms with Gasteiger partial charge in [-0.2, -0.15) is 34.7 Å². The summed E-state index contributed by atoms with van der Waals surface area (Å²) in [4.78, 5) is 99.9. The van der Waals surface area contributed by atoms with E-state index in [4.69, 9.17) is 74.5 Å². The maximum atomic E-state index is 16.0. The average Bonchev–Trinajstić information content (AvgIpc) is 1.61. The number of nitrogens with zero attached hydrogens (tertiary/aromatic N) is 8. The predicted molar refractivity (Wildman–Crippen MR) is 511 cm³/mol. The summed E-state index contributed by atoms with van der Waals surface area (Å²) in [5.41, 5.74) is 11.4. The van der Waals surface area contributed by atoms with Gasteiger partial charge in [0, 0.05) is 30.6 Å². The number of nitrogen functional groups attached to an aromatic ring is 3. The molecule has 19 N–H and O–H groups in total. The molecule has 2 atom stereocenters. The Morgan fingerprint density at radius 2 is 0.657 bits per heavy atom. The number of ether oxygens (including phenoxy) is 11. The van der Waals surface area contributed by atoms with E-state index in [2.05, 4.69) is 72.9 Å². The molecule has 7 amide bonds. The molecule has 5 heterocycles. The van der Waals surface area contributed by atoms with Crippen LogP contribution in [0.25, 0.3) is 54.5 Å². The number of quaternary nitrogens is 2. The molecule has 12 rings (SSSR count). The summed E-state index contributed by atoms with van der Waals surface area (Å²) in [5, 5.41) is 80.5. The molecule has 776 valence electrons. The van der Waals surface area contributed by atoms with E-state index in [1.54, 1.807) is 177 Å². The van der Waals surface area contributed by atoms with Crippen LogP contribution in [-0.2, 0) is 41.5 Å². The minimum Gasteiger partial charge on any atom is -0.595 e. The number of rotatable bonds is 21. The summed E-state index contributed by atoms with van der Waals surface area (Å²) < 4.78 is 162. The van der Waals surface area contributed by atoms with Crippen molar-refractivity contribution in [2.45, 2.75) is 206 Å². The van der Waals surface area contributed by atoms with Crippen molar-refractivity contribution in [1.29, 1.82) is 0 Å². The van der Waals surface area contributed by atoms with Gasteiger partial charge in [-0.15, -0.1) is 15.3 Å². The van der Waals surface area contributed by atoms with Gasteiger partial charge in [-0.1, -0.05) is 24.3 Å². The number of aromatic amines is 2. The van der Waals surface area contributed by atoms with Crippen LogP contribution in [0.3, 0.4) is 0 Å². The molecular formula is C91H115F7N22O23. The Balaban J connectivity index is 0.000000223. The van der Waals surface area contributed by atoms with Crippen molar-refractivity contribution < 1.29 is 142 Å². The second kappa shape index (κ2) is 46.6. The Morgan fingerprint density at radius 3 is 0.993 bits per heavy atom. The van der Waals surface area contributed by atoms with Gasteiger partial charge in [0.25, 0.3) is 0 Å². The highest BCUT2D eigenvalue weighted by molar-refractivity contribution is 6.07. The van der Waals surface area contributed by atoms with Crippen LogP contribution in [0.1, 0.15) is 170 Å². The number of nitrogens with one attached hydrogen (secondary N) is 11. The van der Waals surface area contributed by atoms with Gasteiger partial charge in [0.1, 0.15) is 72.8 Å². The van der Waals surface area contributed by atoms with Crippen LogP contribution in [0.5, 0.6) is 28.7 Å². The second-order valence-corrected chi connectivity index (χ2v) is 36.4. The fourth-order valence-corrected chi connectivity index (χ4v) is 12.6. The summed E-state index contributed by atoms with van der Waals surface area (Å²) >= 11 is 0. The van der Waals surface area contributed by atoms with Gasteiger partial charge in [-0.3, -0.25) is 26.1 Å². The molecule has 0 saturated heterocycles. The molecule has 52 heteroatoms. The van der Waals surface area contributed by atoms with Gasteiger partial charge in [0.2, 0.25) is 22.9 Å². The first-order chi connectivity index (χ1) is 66.5. The normalized spacial score (nSPS) is 12.0. The number of benzene rings is 7. The zero-order chi connectivity index (χ0) is 107. The lowest BCUT2D eigenvalue weighted by Gasteiger charge is -2.19. The van der Waals surface area contributed by atoms with Crippen LogP contribution in [0, 0.1) is 51.1 Å². The first kappa shape index (κ1) is 113. The number of hydrogen-bond acceptors (Lipinski definition) is 31. The number of fused-ring (bicyclic) bond motifs is 5. The third-order valence-corrected chi connectivity index (χ3v) is 17.8. The standard InChI is InChI=1S/C27H33F2N5O6.C19H27FN4O7.C19H27FN4O5.C17H17F2N5O2.C9H11FN4O3/c1-8-38-21-18(31-23(35)30-14-15-10-9-11-16(28)12-15)13-17-20(19(21)29)34(25(37)40-27(5,6)7)33-22(17)32-24(36)39-26(2,3)4;1-8-29-14-11(24(27)28)9-10-13(12(14)20)23(17(26)31-19(5,6)7)22-15(10)21-16(25)30-18(2,3)4;1-8-27-14-11(21)9-10-13(12(14)20)24(17(26)29-19(5,6)7)23-15(10)22-16(25)28-18(2,3)4;1-2-26-15-12(7-11-14(13(15)19)23-24-16(11)20)22-17(25)21-8-9-4-3-5-10(18)6-9;1-2-17-8-5(14(15)16)3-4-7(6(8)10)12-13-9(4)11/h9-13H,8,14H2,1-7H3,(H2,30,31,35)(H,32,33,36);9,24,27H,8H2,1-7H3,(H,21,22,25);9H,8,21H2,1-7H3,(H,22,23,25);3-7H,2,8H2,1H3,(H3,20,23,24)(H2,21,22,25);3,14-15H,2H2,1H3,(H3,11,12,13). The van der Waals surface area contributed by atoms with E-state index in [0.29, 0.717) is 25.9 Å². The van der Waals surface area contributed by atoms with Crippen molar-refractivity contribution in [3.8, 4) is 28.7 Å². The first-order valence-electron chi connectivity index (χ1n) is 43.8. The lowest BCUT2D eigenvalue weighted by molar-refractivity contribution is -0.991. The maximum Gasteiger partial charge on any atom is 0.435 e. The van der Waals surface area contributed by atoms with Crippen LogP contribution < -0.4 is 88.6 Å². The number of aromatic nitrogens is 10. The molecule has 0 saturated carbocycles. The van der Waals surface area contributed by atoms with Crippen LogP contribution >= 0.6 is 0 Å². The lowest BCUT2D eigenvalue weighted by Crippen LogP contribution is -2.99. The van der Waals surface area contributed by atoms with E-state index in [1.165, 1.54) is 54.6 Å². The number of carbonyl (C=O) groups excluding carboxylic acids is 8. The van der Waals surface area contributed by atoms with E-state index < -0.39 is 150 Å². The summed E-state index contributed by atoms with van der Waals surface area (Å²) in [6.45, 7) is 38.4. The number of halogens is 7. The third-order valence-electron chi connectivity index (χ3n) is 17.8. The Bertz CT molecular complexity index is 6660. The molecule has 0 aliphatic carbocycles. The molecule has 5 aromatic heterocycles. The van der Waals surface area contributed by atoms with Gasteiger partial charge in [-0.25, -0.2) is 79.5 Å². The molecular weight excluding hydrogens is 1900 g/mol. The second-order valence-electron chi connectivity index (χ2n) is 36.4. The molecule has 143 heavy (non-hydrogen) atoms. The van der Waals surface area contributed by atoms with Crippen molar-refractivity contribution in [2.24, 2.45) is 0 Å². The Labute approximate surface area is 812 Å². The topological polar surface area (TPSA) is 607 Å². The van der Waals surface area contributed by atoms with Crippen LogP contribution in [0.15, 0.2) is 78.9 Å². The van der Waals surface area contributed by atoms with Crippen LogP contribution in [0.2, 0.25) is 0 Å². The van der Waals surface area contributed by atoms with E-state index in [-0.39, 0.29) is 165 Å². The number of urea groups is 2. The van der Waals surface area contributed by atoms with Gasteiger partial charge in [0.15, 0.2) is 75.4 Å². The van der Waals surface area contributed by atoms with Crippen LogP contribution in [-0.4, -0.2) is 175 Å². The molecule has 0 fully saturated rings. The van der Waals surface area contributed by atoms with Gasteiger partial charge in [0.05, 0.1) is 71.6 Å². The van der Waals surface area contributed by atoms with Gasteiger partial charge >= 0.3 is 48.6 Å². The number of amides is 7. The number of nitrogens with two attached hydrogens (primary N) is 3. The molecule has 0 radical (unpaired) electrons. The summed E-state index contributed by atoms with van der Waals surface area (Å²) in [5.74, 6) is -7.44. The van der Waals surface area contributed by atoms with Crippen molar-refractivity contribution >= 4 is 161 Å². The zero-order valence-corrected chi connectivity index (χ0v) is 82.4. The maximum absolute atomic E-state index is 16.0. The van der Waals surface area contributed by atoms with E-state index in [1.807, 2.05) is 0 Å². The highest BCUT2D eigenvalue weighted by Gasteiger charge is 2.36. The van der Waals surface area contributed by atoms with Gasteiger partial charge in [-0.05, 0) is 213 Å². The quantitative estimate of drug-likeness (QED) is 0.0137. The Kier molecular flexibility index (Phi) is 36.7. The zero-order valence-electron chi connectivity index (χ0n) is 82.4. The van der Waals surface area contributed by atoms with Gasteiger partial charge < -0.3 is 101 Å². The first-order valence-corrected chi connectivity index (χ1v) is 43.8. The molecule has 0 spiro atoms. The predicted octanol–water partition coefficient (Wildman–Crippen LogP) is 16.8. The SMILES string of the molecule is CCOc1c(N)cc2c(NC(=O)OC(C)(C)C)nn(C(=O)OC(C)(C)C)c2c1F.CCOc1c(NC(=O)NCc2cccc(F)c2)cc2c(N)n[nH]c2c1F.CCOc1c(NC(=O)NCc2cccc(F)c2)cc2c(NC(=O)OC(C)(C)C)nn(C(=O)OC(C)(C)C)c2c1F.CCOc1c([NH+]([O-])O)cc2c(N)n[nH]c2c1F.CCOc1c([NH+]([O-])O)cc2c(NC(=O)OC(C)(C)C)nn(C(=O)OC(C)(C)C)c2c1F. The van der Waals surface area contributed by atoms with Crippen LogP contribution in [0.4, 0.5) is 127 Å².